The Morgan fingerprint density at radius 3 is 2.29 bits per heavy atom. The summed E-state index contributed by atoms with van der Waals surface area (Å²) in [6, 6.07) is 9.27. The summed E-state index contributed by atoms with van der Waals surface area (Å²) in [4.78, 5) is 49.5. The van der Waals surface area contributed by atoms with Gasteiger partial charge in [0.2, 0.25) is 0 Å². The highest BCUT2D eigenvalue weighted by Crippen LogP contribution is 2.34. The van der Waals surface area contributed by atoms with Crippen molar-refractivity contribution in [2.45, 2.75) is 0 Å². The quantitative estimate of drug-likeness (QED) is 0.453. The summed E-state index contributed by atoms with van der Waals surface area (Å²) < 4.78 is 6.22. The van der Waals surface area contributed by atoms with E-state index in [9.17, 15) is 29.8 Å². The number of carbonyl (C=O) groups excluding carboxylic acids is 1. The van der Waals surface area contributed by atoms with Gasteiger partial charge >= 0.3 is 17.1 Å². The van der Waals surface area contributed by atoms with Crippen LogP contribution in [-0.4, -0.2) is 51.4 Å². The number of carbonyl (C=O) groups is 1. The van der Waals surface area contributed by atoms with Crippen LogP contribution in [0.3, 0.4) is 0 Å². The molecule has 1 aliphatic rings. The zero-order chi connectivity index (χ0) is 22.3. The Balaban J connectivity index is 1.64. The summed E-state index contributed by atoms with van der Waals surface area (Å²) in [6.07, 6.45) is 0. The molecular formula is C19H17N5O7. The first-order chi connectivity index (χ1) is 14.8. The Morgan fingerprint density at radius 2 is 1.68 bits per heavy atom. The van der Waals surface area contributed by atoms with Gasteiger partial charge in [0.1, 0.15) is 10.6 Å². The lowest BCUT2D eigenvalue weighted by molar-refractivity contribution is -0.402. The van der Waals surface area contributed by atoms with Gasteiger partial charge < -0.3 is 18.8 Å². The number of nitrogens with zero attached hydrogens (tertiary/aromatic N) is 5. The van der Waals surface area contributed by atoms with Gasteiger partial charge in [0, 0.05) is 38.6 Å². The monoisotopic (exact) mass is 427 g/mol. The zero-order valence-corrected chi connectivity index (χ0v) is 16.4. The molecule has 0 unspecified atom stereocenters. The highest BCUT2D eigenvalue weighted by molar-refractivity contribution is 5.97. The molecule has 0 saturated carbocycles. The fourth-order valence-electron chi connectivity index (χ4n) is 3.78. The van der Waals surface area contributed by atoms with E-state index in [1.165, 1.54) is 22.6 Å². The Hall–Kier alpha value is -4.22. The zero-order valence-electron chi connectivity index (χ0n) is 16.4. The third kappa shape index (κ3) is 3.37. The van der Waals surface area contributed by atoms with Crippen LogP contribution in [0.5, 0.6) is 0 Å². The number of pyridine rings is 1. The molecule has 1 aliphatic heterocycles. The number of aromatic nitrogens is 1. The highest BCUT2D eigenvalue weighted by atomic mass is 16.6. The van der Waals surface area contributed by atoms with E-state index in [4.69, 9.17) is 4.42 Å². The minimum atomic E-state index is -0.727. The van der Waals surface area contributed by atoms with Crippen molar-refractivity contribution >= 4 is 34.1 Å². The van der Waals surface area contributed by atoms with Gasteiger partial charge in [0.25, 0.3) is 5.91 Å². The number of fused-ring (bicyclic) bond motifs is 1. The third-order valence-electron chi connectivity index (χ3n) is 5.30. The van der Waals surface area contributed by atoms with Gasteiger partial charge in [-0.2, -0.15) is 0 Å². The maximum Gasteiger partial charge on any atom is 0.433 e. The molecule has 0 radical (unpaired) electrons. The maximum atomic E-state index is 12.7. The lowest BCUT2D eigenvalue weighted by Crippen LogP contribution is -2.49. The van der Waals surface area contributed by atoms with Gasteiger partial charge in [0.05, 0.1) is 16.5 Å². The molecule has 2 aromatic heterocycles. The summed E-state index contributed by atoms with van der Waals surface area (Å²) in [6.45, 7) is 0.890. The van der Waals surface area contributed by atoms with Crippen molar-refractivity contribution < 1.29 is 19.1 Å². The van der Waals surface area contributed by atoms with E-state index in [2.05, 4.69) is 0 Å². The normalized spacial score (nSPS) is 14.1. The number of anilines is 1. The number of nitro groups is 2. The van der Waals surface area contributed by atoms with Crippen molar-refractivity contribution in [1.29, 1.82) is 0 Å². The topological polar surface area (TPSA) is 145 Å². The molecular weight excluding hydrogens is 410 g/mol. The van der Waals surface area contributed by atoms with Crippen LogP contribution in [-0.2, 0) is 7.05 Å². The van der Waals surface area contributed by atoms with E-state index in [0.717, 1.165) is 6.07 Å². The predicted molar refractivity (Wildman–Crippen MR) is 109 cm³/mol. The number of piperazine rings is 1. The Kier molecular flexibility index (Phi) is 4.89. The molecule has 0 aliphatic carbocycles. The maximum absolute atomic E-state index is 12.7. The molecule has 1 saturated heterocycles. The first-order valence-corrected chi connectivity index (χ1v) is 9.34. The molecule has 12 heteroatoms. The first kappa shape index (κ1) is 20.1. The standard InChI is InChI=1S/C19H17N5O7/c1-20-13-5-3-2-4-12(13)16(17(19(20)26)24(29)30)21-8-10-22(11-9-21)18(25)14-6-7-15(31-14)23(27)28/h2-7H,8-11H2,1H3. The van der Waals surface area contributed by atoms with Crippen LogP contribution in [0.15, 0.2) is 45.6 Å². The van der Waals surface area contributed by atoms with Crippen molar-refractivity contribution in [2.24, 2.45) is 7.05 Å². The van der Waals surface area contributed by atoms with Gasteiger partial charge in [-0.15, -0.1) is 0 Å². The molecule has 0 bridgehead atoms. The van der Waals surface area contributed by atoms with Crippen LogP contribution in [0, 0.1) is 20.2 Å². The smallest absolute Gasteiger partial charge is 0.395 e. The summed E-state index contributed by atoms with van der Waals surface area (Å²) >= 11 is 0. The minimum absolute atomic E-state index is 0.148. The molecule has 0 atom stereocenters. The predicted octanol–water partition coefficient (Wildman–Crippen LogP) is 1.91. The van der Waals surface area contributed by atoms with Crippen LogP contribution in [0.4, 0.5) is 17.3 Å². The van der Waals surface area contributed by atoms with Gasteiger partial charge in [-0.1, -0.05) is 18.2 Å². The van der Waals surface area contributed by atoms with E-state index in [1.54, 1.807) is 29.2 Å². The number of furan rings is 1. The molecule has 1 amide bonds. The van der Waals surface area contributed by atoms with Gasteiger partial charge in [-0.25, -0.2) is 0 Å². The van der Waals surface area contributed by atoms with E-state index in [0.29, 0.717) is 10.9 Å². The largest absolute Gasteiger partial charge is 0.433 e. The molecule has 1 fully saturated rings. The summed E-state index contributed by atoms with van der Waals surface area (Å²) in [7, 11) is 1.49. The van der Waals surface area contributed by atoms with Gasteiger partial charge in [-0.05, 0) is 12.1 Å². The number of amides is 1. The Bertz CT molecular complexity index is 1270. The minimum Gasteiger partial charge on any atom is -0.395 e. The fourth-order valence-corrected chi connectivity index (χ4v) is 3.78. The fraction of sp³-hybridized carbons (Fsp3) is 0.263. The molecule has 31 heavy (non-hydrogen) atoms. The Labute approximate surface area is 174 Å². The number of hydrogen-bond donors (Lipinski definition) is 0. The molecule has 3 aromatic rings. The van der Waals surface area contributed by atoms with Crippen molar-refractivity contribution in [3.05, 3.63) is 72.7 Å². The summed E-state index contributed by atoms with van der Waals surface area (Å²) in [5, 5.41) is 23.1. The second-order valence-corrected chi connectivity index (χ2v) is 7.01. The molecule has 12 nitrogen and oxygen atoms in total. The lowest BCUT2D eigenvalue weighted by Gasteiger charge is -2.35. The number of para-hydroxylation sites is 1. The lowest BCUT2D eigenvalue weighted by atomic mass is 10.1. The van der Waals surface area contributed by atoms with Gasteiger partial charge in [-0.3, -0.25) is 29.8 Å². The van der Waals surface area contributed by atoms with Crippen molar-refractivity contribution in [2.75, 3.05) is 31.1 Å². The SMILES string of the molecule is Cn1c(=O)c([N+](=O)[O-])c(N2CCN(C(=O)c3ccc([N+](=O)[O-])o3)CC2)c2ccccc21. The molecule has 3 heterocycles. The second-order valence-electron chi connectivity index (χ2n) is 7.01. The number of aryl methyl sites for hydroxylation is 1. The van der Waals surface area contributed by atoms with E-state index in [1.807, 2.05) is 0 Å². The van der Waals surface area contributed by atoms with Crippen LogP contribution in [0.1, 0.15) is 10.6 Å². The van der Waals surface area contributed by atoms with Crippen molar-refractivity contribution in [3.63, 3.8) is 0 Å². The van der Waals surface area contributed by atoms with Crippen molar-refractivity contribution in [3.8, 4) is 0 Å². The van der Waals surface area contributed by atoms with Crippen LogP contribution in [0.25, 0.3) is 10.9 Å². The number of rotatable bonds is 4. The van der Waals surface area contributed by atoms with E-state index < -0.39 is 32.9 Å². The highest BCUT2D eigenvalue weighted by Gasteiger charge is 2.32. The van der Waals surface area contributed by atoms with E-state index >= 15 is 0 Å². The van der Waals surface area contributed by atoms with Crippen molar-refractivity contribution in [1.82, 2.24) is 9.47 Å². The molecule has 1 aromatic carbocycles. The average molecular weight is 427 g/mol. The van der Waals surface area contributed by atoms with Gasteiger partial charge in [0.15, 0.2) is 5.76 Å². The van der Waals surface area contributed by atoms with Crippen LogP contribution >= 0.6 is 0 Å². The molecule has 0 N–H and O–H groups in total. The molecule has 0 spiro atoms. The second kappa shape index (κ2) is 7.55. The average Bonchev–Trinajstić information content (AvgIpc) is 3.26. The number of benzene rings is 1. The van der Waals surface area contributed by atoms with Crippen LogP contribution in [0.2, 0.25) is 0 Å². The number of hydrogen-bond acceptors (Lipinski definition) is 8. The first-order valence-electron chi connectivity index (χ1n) is 9.34. The third-order valence-corrected chi connectivity index (χ3v) is 5.30. The molecule has 160 valence electrons. The summed E-state index contributed by atoms with van der Waals surface area (Å²) in [5.41, 5.74) is -0.429. The van der Waals surface area contributed by atoms with Crippen LogP contribution < -0.4 is 10.5 Å². The summed E-state index contributed by atoms with van der Waals surface area (Å²) in [5.74, 6) is -1.18. The Morgan fingerprint density at radius 1 is 1.00 bits per heavy atom. The molecule has 4 rings (SSSR count). The van der Waals surface area contributed by atoms with E-state index in [-0.39, 0.29) is 37.6 Å².